The largest absolute Gasteiger partial charge is 0.385 e. The van der Waals surface area contributed by atoms with Crippen molar-refractivity contribution in [1.29, 1.82) is 0 Å². The average Bonchev–Trinajstić information content (AvgIpc) is 3.53. The van der Waals surface area contributed by atoms with E-state index in [2.05, 4.69) is 26.0 Å². The smallest absolute Gasteiger partial charge is 0.253 e. The normalized spacial score (nSPS) is 13.2. The summed E-state index contributed by atoms with van der Waals surface area (Å²) in [5.41, 5.74) is 4.38. The Morgan fingerprint density at radius 2 is 2.03 bits per heavy atom. The van der Waals surface area contributed by atoms with Crippen LogP contribution in [0.2, 0.25) is 0 Å². The predicted octanol–water partition coefficient (Wildman–Crippen LogP) is 2.75. The number of amides is 2. The van der Waals surface area contributed by atoms with Gasteiger partial charge in [0.15, 0.2) is 5.82 Å². The van der Waals surface area contributed by atoms with E-state index in [-0.39, 0.29) is 11.8 Å². The van der Waals surface area contributed by atoms with Crippen LogP contribution in [-0.2, 0) is 4.74 Å². The Bertz CT molecular complexity index is 1150. The van der Waals surface area contributed by atoms with Crippen LogP contribution in [0.15, 0.2) is 30.7 Å². The van der Waals surface area contributed by atoms with Crippen LogP contribution in [0.1, 0.15) is 51.1 Å². The summed E-state index contributed by atoms with van der Waals surface area (Å²) in [6, 6.07) is 5.85. The number of carbonyl (C=O) groups is 2. The number of fused-ring (bicyclic) bond motifs is 1. The molecule has 1 aromatic carbocycles. The SMILES string of the molecule is COCCCNC(=O)c1cn2ncnc(Nc3cc(C(=O)NC4CC4)ccc3C)c2c1C. The van der Waals surface area contributed by atoms with Crippen LogP contribution in [0.25, 0.3) is 5.52 Å². The highest BCUT2D eigenvalue weighted by atomic mass is 16.5. The first kappa shape index (κ1) is 21.8. The maximum absolute atomic E-state index is 12.7. The number of carbonyl (C=O) groups excluding carboxylic acids is 2. The van der Waals surface area contributed by atoms with Crippen molar-refractivity contribution in [3.8, 4) is 0 Å². The van der Waals surface area contributed by atoms with Crippen LogP contribution in [-0.4, -0.2) is 52.7 Å². The molecule has 1 fully saturated rings. The molecular formula is C23H28N6O3. The summed E-state index contributed by atoms with van der Waals surface area (Å²) in [5.74, 6) is 0.332. The van der Waals surface area contributed by atoms with Crippen molar-refractivity contribution < 1.29 is 14.3 Å². The van der Waals surface area contributed by atoms with Crippen LogP contribution in [0.5, 0.6) is 0 Å². The number of methoxy groups -OCH3 is 1. The molecule has 9 heteroatoms. The molecule has 0 bridgehead atoms. The molecule has 4 rings (SSSR count). The predicted molar refractivity (Wildman–Crippen MR) is 122 cm³/mol. The fourth-order valence-electron chi connectivity index (χ4n) is 3.52. The summed E-state index contributed by atoms with van der Waals surface area (Å²) < 4.78 is 6.67. The van der Waals surface area contributed by atoms with E-state index in [9.17, 15) is 9.59 Å². The average molecular weight is 437 g/mol. The van der Waals surface area contributed by atoms with Gasteiger partial charge >= 0.3 is 0 Å². The summed E-state index contributed by atoms with van der Waals surface area (Å²) in [4.78, 5) is 29.5. The van der Waals surface area contributed by atoms with Gasteiger partial charge in [-0.3, -0.25) is 9.59 Å². The lowest BCUT2D eigenvalue weighted by Crippen LogP contribution is -2.25. The van der Waals surface area contributed by atoms with E-state index in [1.165, 1.54) is 6.33 Å². The zero-order chi connectivity index (χ0) is 22.7. The van der Waals surface area contributed by atoms with Crippen LogP contribution in [0.3, 0.4) is 0 Å². The van der Waals surface area contributed by atoms with Gasteiger partial charge in [0.25, 0.3) is 11.8 Å². The Kier molecular flexibility index (Phi) is 6.36. The molecule has 3 aromatic rings. The van der Waals surface area contributed by atoms with Gasteiger partial charge in [-0.25, -0.2) is 9.50 Å². The Morgan fingerprint density at radius 3 is 2.78 bits per heavy atom. The molecule has 9 nitrogen and oxygen atoms in total. The number of aryl methyl sites for hydroxylation is 2. The van der Waals surface area contributed by atoms with E-state index in [0.29, 0.717) is 41.7 Å². The molecule has 3 N–H and O–H groups in total. The van der Waals surface area contributed by atoms with Crippen LogP contribution < -0.4 is 16.0 Å². The van der Waals surface area contributed by atoms with Crippen molar-refractivity contribution in [1.82, 2.24) is 25.2 Å². The number of nitrogens with one attached hydrogen (secondary N) is 3. The lowest BCUT2D eigenvalue weighted by Gasteiger charge is -2.12. The zero-order valence-corrected chi connectivity index (χ0v) is 18.6. The van der Waals surface area contributed by atoms with Gasteiger partial charge in [-0.15, -0.1) is 0 Å². The first-order valence-electron chi connectivity index (χ1n) is 10.8. The molecule has 2 amide bonds. The van der Waals surface area contributed by atoms with Gasteiger partial charge in [0.1, 0.15) is 11.8 Å². The zero-order valence-electron chi connectivity index (χ0n) is 18.6. The van der Waals surface area contributed by atoms with Gasteiger partial charge in [0.05, 0.1) is 5.56 Å². The quantitative estimate of drug-likeness (QED) is 0.445. The number of anilines is 2. The Morgan fingerprint density at radius 1 is 1.22 bits per heavy atom. The lowest BCUT2D eigenvalue weighted by molar-refractivity contribution is 0.0941. The first-order valence-corrected chi connectivity index (χ1v) is 10.8. The van der Waals surface area contributed by atoms with Crippen molar-refractivity contribution in [2.75, 3.05) is 25.6 Å². The molecular weight excluding hydrogens is 408 g/mol. The molecule has 32 heavy (non-hydrogen) atoms. The van der Waals surface area contributed by atoms with Crippen LogP contribution in [0, 0.1) is 13.8 Å². The van der Waals surface area contributed by atoms with Gasteiger partial charge in [-0.2, -0.15) is 5.10 Å². The minimum absolute atomic E-state index is 0.0744. The summed E-state index contributed by atoms with van der Waals surface area (Å²) >= 11 is 0. The molecule has 1 aliphatic rings. The van der Waals surface area contributed by atoms with Gasteiger partial charge in [-0.05, 0) is 56.4 Å². The first-order chi connectivity index (χ1) is 15.5. The number of ether oxygens (including phenoxy) is 1. The summed E-state index contributed by atoms with van der Waals surface area (Å²) in [6.07, 6.45) is 5.96. The maximum atomic E-state index is 12.7. The monoisotopic (exact) mass is 436 g/mol. The van der Waals surface area contributed by atoms with Crippen LogP contribution >= 0.6 is 0 Å². The van der Waals surface area contributed by atoms with E-state index >= 15 is 0 Å². The third kappa shape index (κ3) is 4.72. The van der Waals surface area contributed by atoms with E-state index < -0.39 is 0 Å². The van der Waals surface area contributed by atoms with E-state index in [1.54, 1.807) is 17.8 Å². The highest BCUT2D eigenvalue weighted by Crippen LogP contribution is 2.28. The number of benzene rings is 1. The molecule has 1 saturated carbocycles. The minimum atomic E-state index is -0.162. The molecule has 1 aliphatic carbocycles. The summed E-state index contributed by atoms with van der Waals surface area (Å²) in [6.45, 7) is 4.96. The highest BCUT2D eigenvalue weighted by molar-refractivity contribution is 5.99. The second-order valence-corrected chi connectivity index (χ2v) is 8.07. The fraction of sp³-hybridized carbons (Fsp3) is 0.391. The number of nitrogens with zero attached hydrogens (tertiary/aromatic N) is 3. The Balaban J connectivity index is 1.59. The van der Waals surface area contributed by atoms with Gasteiger partial charge in [-0.1, -0.05) is 6.07 Å². The standard InChI is InChI=1S/C23H28N6O3/c1-14-5-6-16(22(30)27-17-7-8-17)11-19(14)28-21-20-15(2)18(12-29(20)26-13-25-21)23(31)24-9-4-10-32-3/h5-6,11-13,17H,4,7-10H2,1-3H3,(H,24,31)(H,27,30)(H,25,26,28). The molecule has 0 saturated heterocycles. The van der Waals surface area contributed by atoms with Crippen molar-refractivity contribution in [3.05, 3.63) is 53.0 Å². The number of rotatable bonds is 9. The Labute approximate surface area is 186 Å². The number of hydrogen-bond donors (Lipinski definition) is 3. The second kappa shape index (κ2) is 9.35. The highest BCUT2D eigenvalue weighted by Gasteiger charge is 2.24. The fourth-order valence-corrected chi connectivity index (χ4v) is 3.52. The van der Waals surface area contributed by atoms with Crippen molar-refractivity contribution >= 4 is 28.8 Å². The molecule has 2 aromatic heterocycles. The van der Waals surface area contributed by atoms with E-state index in [0.717, 1.165) is 36.1 Å². The van der Waals surface area contributed by atoms with Crippen molar-refractivity contribution in [2.24, 2.45) is 0 Å². The summed E-state index contributed by atoms with van der Waals surface area (Å²) in [7, 11) is 1.64. The molecule has 0 aliphatic heterocycles. The number of aromatic nitrogens is 3. The van der Waals surface area contributed by atoms with E-state index in [4.69, 9.17) is 4.74 Å². The van der Waals surface area contributed by atoms with Crippen LogP contribution in [0.4, 0.5) is 11.5 Å². The molecule has 168 valence electrons. The molecule has 0 radical (unpaired) electrons. The van der Waals surface area contributed by atoms with Gasteiger partial charge in [0.2, 0.25) is 0 Å². The lowest BCUT2D eigenvalue weighted by atomic mass is 10.1. The van der Waals surface area contributed by atoms with E-state index in [1.807, 2.05) is 32.0 Å². The van der Waals surface area contributed by atoms with Crippen molar-refractivity contribution in [3.63, 3.8) is 0 Å². The molecule has 0 atom stereocenters. The molecule has 0 spiro atoms. The van der Waals surface area contributed by atoms with Gasteiger partial charge < -0.3 is 20.7 Å². The van der Waals surface area contributed by atoms with Crippen molar-refractivity contribution in [2.45, 2.75) is 39.2 Å². The maximum Gasteiger partial charge on any atom is 0.253 e. The molecule has 2 heterocycles. The third-order valence-electron chi connectivity index (χ3n) is 5.55. The third-order valence-corrected chi connectivity index (χ3v) is 5.55. The molecule has 0 unspecified atom stereocenters. The topological polar surface area (TPSA) is 110 Å². The minimum Gasteiger partial charge on any atom is -0.385 e. The number of hydrogen-bond acceptors (Lipinski definition) is 6. The Hall–Kier alpha value is -3.46. The summed E-state index contributed by atoms with van der Waals surface area (Å²) in [5, 5.41) is 13.5. The second-order valence-electron chi connectivity index (χ2n) is 8.07. The van der Waals surface area contributed by atoms with Gasteiger partial charge in [0, 0.05) is 43.8 Å².